The van der Waals surface area contributed by atoms with E-state index in [-0.39, 0.29) is 5.60 Å². The van der Waals surface area contributed by atoms with Gasteiger partial charge >= 0.3 is 6.01 Å². The Hall–Kier alpha value is -1.40. The standard InChI is InChI=1S/C21H28BrN3O2/c1-2-26-21(17-6-4-3-5-7-17)12-14-25(15-13-21)20-23-19(24-27-20)16-8-10-18(22)11-9-16/h8-11,17H,2-7,12-15H2,1H3. The van der Waals surface area contributed by atoms with Crippen LogP contribution in [0.4, 0.5) is 6.01 Å². The third-order valence-electron chi connectivity index (χ3n) is 6.18. The van der Waals surface area contributed by atoms with Gasteiger partial charge in [0.2, 0.25) is 5.82 Å². The molecule has 1 aliphatic carbocycles. The van der Waals surface area contributed by atoms with Gasteiger partial charge in [-0.3, -0.25) is 0 Å². The quantitative estimate of drug-likeness (QED) is 0.626. The van der Waals surface area contributed by atoms with Crippen molar-refractivity contribution in [3.63, 3.8) is 0 Å². The van der Waals surface area contributed by atoms with Crippen LogP contribution in [0, 0.1) is 5.92 Å². The summed E-state index contributed by atoms with van der Waals surface area (Å²) in [7, 11) is 0. The van der Waals surface area contributed by atoms with E-state index in [1.54, 1.807) is 0 Å². The number of rotatable bonds is 5. The molecule has 0 amide bonds. The minimum absolute atomic E-state index is 0.0419. The summed E-state index contributed by atoms with van der Waals surface area (Å²) in [5.41, 5.74) is 1.01. The molecular formula is C21H28BrN3O2. The van der Waals surface area contributed by atoms with Crippen LogP contribution < -0.4 is 4.90 Å². The van der Waals surface area contributed by atoms with Crippen molar-refractivity contribution in [3.05, 3.63) is 28.7 Å². The SMILES string of the molecule is CCOC1(C2CCCCC2)CCN(c2nc(-c3ccc(Br)cc3)no2)CC1. The minimum atomic E-state index is 0.0419. The lowest BCUT2D eigenvalue weighted by Gasteiger charge is -2.47. The van der Waals surface area contributed by atoms with Gasteiger partial charge in [0.1, 0.15) is 0 Å². The lowest BCUT2D eigenvalue weighted by Crippen LogP contribution is -2.51. The second-order valence-corrected chi connectivity index (χ2v) is 8.64. The third-order valence-corrected chi connectivity index (χ3v) is 6.71. The van der Waals surface area contributed by atoms with E-state index in [2.05, 4.69) is 37.9 Å². The molecule has 5 nitrogen and oxygen atoms in total. The molecule has 1 aromatic carbocycles. The average molecular weight is 434 g/mol. The van der Waals surface area contributed by atoms with Gasteiger partial charge in [0.25, 0.3) is 0 Å². The van der Waals surface area contributed by atoms with Gasteiger partial charge in [-0.2, -0.15) is 4.98 Å². The van der Waals surface area contributed by atoms with Gasteiger partial charge in [-0.05, 0) is 62.8 Å². The number of nitrogens with zero attached hydrogens (tertiary/aromatic N) is 3. The molecule has 0 N–H and O–H groups in total. The van der Waals surface area contributed by atoms with Gasteiger partial charge in [0.05, 0.1) is 5.60 Å². The molecule has 0 unspecified atom stereocenters. The number of piperidine rings is 1. The predicted molar refractivity (Wildman–Crippen MR) is 110 cm³/mol. The van der Waals surface area contributed by atoms with E-state index >= 15 is 0 Å². The van der Waals surface area contributed by atoms with Gasteiger partial charge in [0.15, 0.2) is 0 Å². The fourth-order valence-electron chi connectivity index (χ4n) is 4.72. The van der Waals surface area contributed by atoms with Crippen molar-refractivity contribution in [1.82, 2.24) is 10.1 Å². The summed E-state index contributed by atoms with van der Waals surface area (Å²) in [6, 6.07) is 8.61. The highest BCUT2D eigenvalue weighted by Crippen LogP contribution is 2.42. The molecule has 2 fully saturated rings. The maximum Gasteiger partial charge on any atom is 0.324 e. The molecule has 6 heteroatoms. The minimum Gasteiger partial charge on any atom is -0.375 e. The fraction of sp³-hybridized carbons (Fsp3) is 0.619. The largest absolute Gasteiger partial charge is 0.375 e. The topological polar surface area (TPSA) is 51.4 Å². The summed E-state index contributed by atoms with van der Waals surface area (Å²) in [5.74, 6) is 1.35. The molecular weight excluding hydrogens is 406 g/mol. The van der Waals surface area contributed by atoms with Crippen molar-refractivity contribution >= 4 is 21.9 Å². The zero-order valence-corrected chi connectivity index (χ0v) is 17.6. The molecule has 0 bridgehead atoms. The normalized spacial score (nSPS) is 20.7. The first-order valence-electron chi connectivity index (χ1n) is 10.2. The molecule has 1 aromatic heterocycles. The number of hydrogen-bond acceptors (Lipinski definition) is 5. The van der Waals surface area contributed by atoms with E-state index in [1.165, 1.54) is 32.1 Å². The molecule has 4 rings (SSSR count). The molecule has 146 valence electrons. The Labute approximate surface area is 169 Å². The van der Waals surface area contributed by atoms with Crippen molar-refractivity contribution in [2.75, 3.05) is 24.6 Å². The second-order valence-electron chi connectivity index (χ2n) is 7.73. The van der Waals surface area contributed by atoms with E-state index in [0.29, 0.717) is 17.8 Å². The Morgan fingerprint density at radius 3 is 2.52 bits per heavy atom. The molecule has 1 saturated heterocycles. The molecule has 2 aromatic rings. The van der Waals surface area contributed by atoms with E-state index in [1.807, 2.05) is 24.3 Å². The molecule has 0 atom stereocenters. The molecule has 27 heavy (non-hydrogen) atoms. The van der Waals surface area contributed by atoms with Gasteiger partial charge in [-0.15, -0.1) is 0 Å². The third kappa shape index (κ3) is 4.06. The molecule has 0 spiro atoms. The summed E-state index contributed by atoms with van der Waals surface area (Å²) < 4.78 is 13.0. The van der Waals surface area contributed by atoms with Crippen LogP contribution in [-0.2, 0) is 4.74 Å². The Balaban J connectivity index is 1.44. The second kappa shape index (κ2) is 8.31. The smallest absolute Gasteiger partial charge is 0.324 e. The lowest BCUT2D eigenvalue weighted by atomic mass is 9.72. The van der Waals surface area contributed by atoms with Gasteiger partial charge in [0, 0.05) is 29.7 Å². The van der Waals surface area contributed by atoms with Gasteiger partial charge < -0.3 is 14.2 Å². The van der Waals surface area contributed by atoms with Crippen molar-refractivity contribution in [3.8, 4) is 11.4 Å². The van der Waals surface area contributed by atoms with E-state index in [4.69, 9.17) is 9.26 Å². The first kappa shape index (κ1) is 18.9. The lowest BCUT2D eigenvalue weighted by molar-refractivity contribution is -0.107. The van der Waals surface area contributed by atoms with Crippen LogP contribution in [0.15, 0.2) is 33.3 Å². The Morgan fingerprint density at radius 2 is 1.85 bits per heavy atom. The molecule has 2 heterocycles. The van der Waals surface area contributed by atoms with Gasteiger partial charge in [-0.1, -0.05) is 40.3 Å². The van der Waals surface area contributed by atoms with Crippen LogP contribution in [0.3, 0.4) is 0 Å². The average Bonchev–Trinajstić information content (AvgIpc) is 3.20. The zero-order chi connectivity index (χ0) is 18.7. The number of ether oxygens (including phenoxy) is 1. The van der Waals surface area contributed by atoms with Crippen molar-refractivity contribution in [1.29, 1.82) is 0 Å². The maximum atomic E-state index is 6.38. The number of halogens is 1. The number of anilines is 1. The summed E-state index contributed by atoms with van der Waals surface area (Å²) in [5, 5.41) is 4.18. The fourth-order valence-corrected chi connectivity index (χ4v) is 4.99. The van der Waals surface area contributed by atoms with Crippen molar-refractivity contribution < 1.29 is 9.26 Å². The van der Waals surface area contributed by atoms with Crippen LogP contribution in [0.25, 0.3) is 11.4 Å². The number of hydrogen-bond donors (Lipinski definition) is 0. The Morgan fingerprint density at radius 1 is 1.15 bits per heavy atom. The summed E-state index contributed by atoms with van der Waals surface area (Å²) in [6.07, 6.45) is 8.80. The highest BCUT2D eigenvalue weighted by Gasteiger charge is 2.43. The van der Waals surface area contributed by atoms with Crippen LogP contribution in [-0.4, -0.2) is 35.4 Å². The highest BCUT2D eigenvalue weighted by atomic mass is 79.9. The summed E-state index contributed by atoms with van der Waals surface area (Å²) >= 11 is 3.46. The van der Waals surface area contributed by atoms with Crippen molar-refractivity contribution in [2.24, 2.45) is 5.92 Å². The van der Waals surface area contributed by atoms with Crippen LogP contribution >= 0.6 is 15.9 Å². The summed E-state index contributed by atoms with van der Waals surface area (Å²) in [6.45, 7) is 4.75. The Bertz CT molecular complexity index is 732. The summed E-state index contributed by atoms with van der Waals surface area (Å²) in [4.78, 5) is 6.85. The predicted octanol–water partition coefficient (Wildman–Crippen LogP) is 5.45. The van der Waals surface area contributed by atoms with Crippen molar-refractivity contribution in [2.45, 2.75) is 57.5 Å². The maximum absolute atomic E-state index is 6.38. The molecule has 1 saturated carbocycles. The molecule has 1 aliphatic heterocycles. The van der Waals surface area contributed by atoms with Gasteiger partial charge in [-0.25, -0.2) is 0 Å². The highest BCUT2D eigenvalue weighted by molar-refractivity contribution is 9.10. The Kier molecular flexibility index (Phi) is 5.83. The van der Waals surface area contributed by atoms with Crippen LogP contribution in [0.1, 0.15) is 51.9 Å². The van der Waals surface area contributed by atoms with E-state index in [9.17, 15) is 0 Å². The molecule has 0 radical (unpaired) electrons. The van der Waals surface area contributed by atoms with E-state index < -0.39 is 0 Å². The van der Waals surface area contributed by atoms with Crippen LogP contribution in [0.5, 0.6) is 0 Å². The first-order valence-corrected chi connectivity index (χ1v) is 11.0. The monoisotopic (exact) mass is 433 g/mol. The van der Waals surface area contributed by atoms with E-state index in [0.717, 1.165) is 42.6 Å². The zero-order valence-electron chi connectivity index (χ0n) is 16.0. The van der Waals surface area contributed by atoms with Crippen LogP contribution in [0.2, 0.25) is 0 Å². The number of benzene rings is 1. The number of aromatic nitrogens is 2. The molecule has 2 aliphatic rings. The first-order chi connectivity index (χ1) is 13.2.